The lowest BCUT2D eigenvalue weighted by atomic mass is 10.2. The van der Waals surface area contributed by atoms with E-state index in [0.29, 0.717) is 36.4 Å². The van der Waals surface area contributed by atoms with Crippen molar-refractivity contribution in [2.45, 2.75) is 33.2 Å². The summed E-state index contributed by atoms with van der Waals surface area (Å²) in [5.74, 6) is 1.21. The van der Waals surface area contributed by atoms with Crippen LogP contribution in [-0.4, -0.2) is 32.2 Å². The number of methoxy groups -OCH3 is 1. The number of carbonyl (C=O) groups is 1. The summed E-state index contributed by atoms with van der Waals surface area (Å²) in [6.45, 7) is 6.90. The first kappa shape index (κ1) is 16.3. The van der Waals surface area contributed by atoms with E-state index in [-0.39, 0.29) is 5.91 Å². The van der Waals surface area contributed by atoms with Gasteiger partial charge < -0.3 is 20.1 Å². The van der Waals surface area contributed by atoms with Crippen molar-refractivity contribution in [2.75, 3.05) is 25.6 Å². The lowest BCUT2D eigenvalue weighted by molar-refractivity contribution is -0.115. The van der Waals surface area contributed by atoms with Gasteiger partial charge in [0.1, 0.15) is 0 Å². The van der Waals surface area contributed by atoms with Gasteiger partial charge in [-0.25, -0.2) is 0 Å². The molecule has 5 nitrogen and oxygen atoms in total. The summed E-state index contributed by atoms with van der Waals surface area (Å²) in [7, 11) is 1.58. The summed E-state index contributed by atoms with van der Waals surface area (Å²) in [5.41, 5.74) is 0.696. The van der Waals surface area contributed by atoms with Crippen molar-refractivity contribution in [3.63, 3.8) is 0 Å². The molecule has 1 rings (SSSR count). The quantitative estimate of drug-likeness (QED) is 0.768. The number of ether oxygens (including phenoxy) is 2. The molecule has 1 unspecified atom stereocenters. The number of anilines is 1. The van der Waals surface area contributed by atoms with E-state index >= 15 is 0 Å². The van der Waals surface area contributed by atoms with Gasteiger partial charge in [-0.15, -0.1) is 0 Å². The van der Waals surface area contributed by atoms with E-state index in [2.05, 4.69) is 17.6 Å². The molecule has 0 heterocycles. The number of carbonyl (C=O) groups excluding carboxylic acids is 1. The molecule has 1 aromatic rings. The summed E-state index contributed by atoms with van der Waals surface area (Å²) in [5, 5.41) is 5.97. The van der Waals surface area contributed by atoms with Crippen LogP contribution in [0.3, 0.4) is 0 Å². The highest BCUT2D eigenvalue weighted by Crippen LogP contribution is 2.30. The van der Waals surface area contributed by atoms with Crippen molar-refractivity contribution in [3.05, 3.63) is 18.2 Å². The van der Waals surface area contributed by atoms with Gasteiger partial charge >= 0.3 is 0 Å². The Morgan fingerprint density at radius 2 is 2.05 bits per heavy atom. The number of nitrogens with one attached hydrogen (secondary N) is 2. The molecule has 1 aromatic carbocycles. The van der Waals surface area contributed by atoms with Gasteiger partial charge in [-0.2, -0.15) is 0 Å². The molecule has 112 valence electrons. The Labute approximate surface area is 120 Å². The molecule has 0 spiro atoms. The summed E-state index contributed by atoms with van der Waals surface area (Å²) in [6, 6.07) is 5.68. The van der Waals surface area contributed by atoms with Crippen LogP contribution >= 0.6 is 0 Å². The highest BCUT2D eigenvalue weighted by atomic mass is 16.5. The van der Waals surface area contributed by atoms with Crippen LogP contribution in [0.15, 0.2) is 18.2 Å². The first-order valence-corrected chi connectivity index (χ1v) is 6.94. The van der Waals surface area contributed by atoms with Crippen molar-refractivity contribution in [3.8, 4) is 11.5 Å². The minimum Gasteiger partial charge on any atom is -0.493 e. The maximum atomic E-state index is 11.8. The van der Waals surface area contributed by atoms with Crippen molar-refractivity contribution >= 4 is 11.6 Å². The predicted molar refractivity (Wildman–Crippen MR) is 80.5 cm³/mol. The second-order valence-corrected chi connectivity index (χ2v) is 4.54. The minimum atomic E-state index is -0.0727. The average Bonchev–Trinajstić information content (AvgIpc) is 2.46. The van der Waals surface area contributed by atoms with Crippen LogP contribution in [0, 0.1) is 0 Å². The van der Waals surface area contributed by atoms with Crippen LogP contribution in [0.2, 0.25) is 0 Å². The molecule has 0 radical (unpaired) electrons. The van der Waals surface area contributed by atoms with Gasteiger partial charge in [-0.3, -0.25) is 4.79 Å². The monoisotopic (exact) mass is 280 g/mol. The Bertz CT molecular complexity index is 435. The molecular weight excluding hydrogens is 256 g/mol. The van der Waals surface area contributed by atoms with Crippen molar-refractivity contribution in [1.29, 1.82) is 0 Å². The third-order valence-corrected chi connectivity index (χ3v) is 2.97. The molecule has 2 N–H and O–H groups in total. The molecule has 0 bridgehead atoms. The number of hydrogen-bond acceptors (Lipinski definition) is 4. The normalized spacial score (nSPS) is 11.8. The zero-order chi connectivity index (χ0) is 15.0. The Kier molecular flexibility index (Phi) is 6.87. The van der Waals surface area contributed by atoms with Crippen molar-refractivity contribution in [1.82, 2.24) is 5.32 Å². The van der Waals surface area contributed by atoms with E-state index in [1.165, 1.54) is 0 Å². The fraction of sp³-hybridized carbons (Fsp3) is 0.533. The Morgan fingerprint density at radius 3 is 2.65 bits per heavy atom. The van der Waals surface area contributed by atoms with Gasteiger partial charge in [0.2, 0.25) is 5.91 Å². The van der Waals surface area contributed by atoms with E-state index < -0.39 is 0 Å². The molecule has 0 saturated carbocycles. The molecule has 0 aromatic heterocycles. The second-order valence-electron chi connectivity index (χ2n) is 4.54. The summed E-state index contributed by atoms with van der Waals surface area (Å²) >= 11 is 0. The molecule has 0 saturated heterocycles. The van der Waals surface area contributed by atoms with E-state index in [1.807, 2.05) is 13.8 Å². The van der Waals surface area contributed by atoms with Gasteiger partial charge in [-0.05, 0) is 32.4 Å². The molecule has 0 aliphatic heterocycles. The van der Waals surface area contributed by atoms with Crippen LogP contribution in [0.1, 0.15) is 27.2 Å². The molecular formula is C15H24N2O3. The highest BCUT2D eigenvalue weighted by Gasteiger charge is 2.08. The highest BCUT2D eigenvalue weighted by molar-refractivity contribution is 5.92. The lowest BCUT2D eigenvalue weighted by Gasteiger charge is -2.13. The molecule has 1 atom stereocenters. The van der Waals surface area contributed by atoms with Crippen molar-refractivity contribution in [2.24, 2.45) is 0 Å². The summed E-state index contributed by atoms with van der Waals surface area (Å²) in [6.07, 6.45) is 0.990. The number of hydrogen-bond donors (Lipinski definition) is 2. The Morgan fingerprint density at radius 1 is 1.30 bits per heavy atom. The standard InChI is InChI=1S/C15H24N2O3/c1-5-11(3)16-10-15(18)17-12-7-8-13(20-6-2)14(9-12)19-4/h7-9,11,16H,5-6,10H2,1-4H3,(H,17,18). The molecule has 0 aliphatic rings. The second kappa shape index (κ2) is 8.43. The van der Waals surface area contributed by atoms with E-state index in [4.69, 9.17) is 9.47 Å². The smallest absolute Gasteiger partial charge is 0.238 e. The zero-order valence-corrected chi connectivity index (χ0v) is 12.7. The Hall–Kier alpha value is -1.75. The molecule has 20 heavy (non-hydrogen) atoms. The van der Waals surface area contributed by atoms with Crippen LogP contribution in [0.4, 0.5) is 5.69 Å². The third-order valence-electron chi connectivity index (χ3n) is 2.97. The summed E-state index contributed by atoms with van der Waals surface area (Å²) < 4.78 is 10.7. The van der Waals surface area contributed by atoms with Gasteiger partial charge in [-0.1, -0.05) is 6.92 Å². The number of benzene rings is 1. The van der Waals surface area contributed by atoms with Crippen LogP contribution in [0.5, 0.6) is 11.5 Å². The first-order valence-electron chi connectivity index (χ1n) is 6.94. The van der Waals surface area contributed by atoms with E-state index in [1.54, 1.807) is 25.3 Å². The Balaban J connectivity index is 2.61. The fourth-order valence-corrected chi connectivity index (χ4v) is 1.64. The van der Waals surface area contributed by atoms with Crippen LogP contribution < -0.4 is 20.1 Å². The molecule has 0 aliphatic carbocycles. The summed E-state index contributed by atoms with van der Waals surface area (Å²) in [4.78, 5) is 11.8. The van der Waals surface area contributed by atoms with Crippen molar-refractivity contribution < 1.29 is 14.3 Å². The fourth-order valence-electron chi connectivity index (χ4n) is 1.64. The van der Waals surface area contributed by atoms with Gasteiger partial charge in [0, 0.05) is 17.8 Å². The van der Waals surface area contributed by atoms with Gasteiger partial charge in [0.25, 0.3) is 0 Å². The largest absolute Gasteiger partial charge is 0.493 e. The maximum Gasteiger partial charge on any atom is 0.238 e. The molecule has 1 amide bonds. The molecule has 0 fully saturated rings. The first-order chi connectivity index (χ1) is 9.60. The third kappa shape index (κ3) is 5.09. The van der Waals surface area contributed by atoms with Gasteiger partial charge in [0.05, 0.1) is 20.3 Å². The topological polar surface area (TPSA) is 59.6 Å². The van der Waals surface area contributed by atoms with Gasteiger partial charge in [0.15, 0.2) is 11.5 Å². The molecule has 5 heteroatoms. The lowest BCUT2D eigenvalue weighted by Crippen LogP contribution is -2.33. The van der Waals surface area contributed by atoms with E-state index in [0.717, 1.165) is 6.42 Å². The minimum absolute atomic E-state index is 0.0727. The zero-order valence-electron chi connectivity index (χ0n) is 12.7. The number of rotatable bonds is 8. The van der Waals surface area contributed by atoms with E-state index in [9.17, 15) is 4.79 Å². The van der Waals surface area contributed by atoms with Crippen LogP contribution in [-0.2, 0) is 4.79 Å². The SMILES string of the molecule is CCOc1ccc(NC(=O)CNC(C)CC)cc1OC. The van der Waals surface area contributed by atoms with Crippen LogP contribution in [0.25, 0.3) is 0 Å². The maximum absolute atomic E-state index is 11.8. The average molecular weight is 280 g/mol. The number of amides is 1. The predicted octanol–water partition coefficient (Wildman–Crippen LogP) is 2.42.